The van der Waals surface area contributed by atoms with E-state index in [9.17, 15) is 30.0 Å². The van der Waals surface area contributed by atoms with Crippen LogP contribution in [-0.2, 0) is 16.0 Å². The molecule has 0 radical (unpaired) electrons. The topological polar surface area (TPSA) is 188 Å². The minimum absolute atomic E-state index is 0.0188. The van der Waals surface area contributed by atoms with Gasteiger partial charge in [0.15, 0.2) is 20.2 Å². The summed E-state index contributed by atoms with van der Waals surface area (Å²) >= 11 is 0. The predicted molar refractivity (Wildman–Crippen MR) is 137 cm³/mol. The van der Waals surface area contributed by atoms with E-state index in [1.807, 2.05) is 26.0 Å². The smallest absolute Gasteiger partial charge is 0.314 e. The highest BCUT2D eigenvalue weighted by atomic mass is 16.5. The number of phenolic OH excluding ortho intramolecular Hbond substituents is 1. The summed E-state index contributed by atoms with van der Waals surface area (Å²) in [6.07, 6.45) is -1.36. The first kappa shape index (κ1) is 33.2. The number of nitrogens with zero attached hydrogens (tertiary/aromatic N) is 1. The Labute approximate surface area is 222 Å². The molecule has 0 spiro atoms. The fraction of sp³-hybridized carbons (Fsp3) is 0.556. The van der Waals surface area contributed by atoms with Crippen LogP contribution in [-0.4, -0.2) is 86.5 Å². The maximum atomic E-state index is 12.3. The van der Waals surface area contributed by atoms with Crippen LogP contribution >= 0.6 is 0 Å². The van der Waals surface area contributed by atoms with Crippen LogP contribution in [0.2, 0.25) is 0 Å². The SMILES string of the molecule is CC[C@H](C)C(=O)Oc1cc(O)cc2ccc(C)c(CC[C@@H](O)C[C@@H](O)CC(=O)[O-])c12.C[N+](CO)(CO)CO. The Kier molecular flexibility index (Phi) is 13.6. The van der Waals surface area contributed by atoms with Crippen LogP contribution in [0.3, 0.4) is 0 Å². The number of fused-ring (bicyclic) bond motifs is 1. The molecule has 2 rings (SSSR count). The van der Waals surface area contributed by atoms with Gasteiger partial charge in [0.2, 0.25) is 0 Å². The summed E-state index contributed by atoms with van der Waals surface area (Å²) in [5.41, 5.74) is 1.78. The lowest BCUT2D eigenvalue weighted by molar-refractivity contribution is -0.959. The number of benzene rings is 2. The summed E-state index contributed by atoms with van der Waals surface area (Å²) in [5.74, 6) is -1.80. The number of hydrogen-bond donors (Lipinski definition) is 6. The normalized spacial score (nSPS) is 13.8. The molecule has 38 heavy (non-hydrogen) atoms. The molecule has 0 saturated carbocycles. The third-order valence-corrected chi connectivity index (χ3v) is 6.33. The molecule has 2 aromatic carbocycles. The number of aliphatic hydroxyl groups excluding tert-OH is 5. The molecule has 2 aromatic rings. The third kappa shape index (κ3) is 10.2. The zero-order valence-corrected chi connectivity index (χ0v) is 22.5. The Morgan fingerprint density at radius 3 is 2.16 bits per heavy atom. The van der Waals surface area contributed by atoms with Gasteiger partial charge in [-0.2, -0.15) is 0 Å². The van der Waals surface area contributed by atoms with E-state index in [0.717, 1.165) is 11.1 Å². The molecule has 11 heteroatoms. The van der Waals surface area contributed by atoms with Gasteiger partial charge in [0.25, 0.3) is 0 Å². The van der Waals surface area contributed by atoms with Gasteiger partial charge in [-0.25, -0.2) is 0 Å². The molecule has 0 heterocycles. The van der Waals surface area contributed by atoms with Crippen molar-refractivity contribution < 1.29 is 54.6 Å². The number of aryl methyl sites for hydroxylation is 2. The van der Waals surface area contributed by atoms with Gasteiger partial charge < -0.3 is 45.3 Å². The second kappa shape index (κ2) is 15.6. The summed E-state index contributed by atoms with van der Waals surface area (Å²) in [4.78, 5) is 22.9. The molecule has 3 atom stereocenters. The molecular weight excluding hydrogens is 498 g/mol. The number of aromatic hydroxyl groups is 1. The van der Waals surface area contributed by atoms with E-state index >= 15 is 0 Å². The molecule has 0 amide bonds. The number of carbonyl (C=O) groups excluding carboxylic acids is 2. The number of quaternary nitrogens is 1. The molecule has 0 fully saturated rings. The van der Waals surface area contributed by atoms with Crippen LogP contribution in [0.15, 0.2) is 24.3 Å². The molecule has 0 aliphatic heterocycles. The maximum absolute atomic E-state index is 12.3. The van der Waals surface area contributed by atoms with Gasteiger partial charge in [-0.15, -0.1) is 0 Å². The van der Waals surface area contributed by atoms with Gasteiger partial charge in [-0.3, -0.25) is 9.28 Å². The molecule has 0 unspecified atom stereocenters. The summed E-state index contributed by atoms with van der Waals surface area (Å²) in [5, 5.41) is 67.2. The standard InChI is InChI=1S/C23H30O7.C4H12NO3/c1-4-13(2)23(29)30-20-11-17(25)9-15-6-5-14(3)19(22(15)20)8-7-16(24)10-18(26)12-21(27)28;1-5(2-6,3-7)4-8/h5-6,9,11,13,16,18,24-26H,4,7-8,10,12H2,1-3H3,(H,27,28);6-8H,2-4H2,1H3/q;+1/p-1/t13-,16+,18+;/m0./s1. The Bertz CT molecular complexity index is 1050. The molecule has 0 aromatic heterocycles. The van der Waals surface area contributed by atoms with Crippen LogP contribution in [0.5, 0.6) is 11.5 Å². The van der Waals surface area contributed by atoms with Crippen LogP contribution in [0.4, 0.5) is 0 Å². The lowest BCUT2D eigenvalue weighted by atomic mass is 9.93. The van der Waals surface area contributed by atoms with E-state index in [2.05, 4.69) is 0 Å². The number of ether oxygens (including phenoxy) is 1. The first-order valence-corrected chi connectivity index (χ1v) is 12.5. The van der Waals surface area contributed by atoms with Crippen LogP contribution in [0.25, 0.3) is 10.8 Å². The van der Waals surface area contributed by atoms with Gasteiger partial charge in [-0.1, -0.05) is 26.0 Å². The van der Waals surface area contributed by atoms with E-state index in [1.165, 1.54) is 6.07 Å². The third-order valence-electron chi connectivity index (χ3n) is 6.33. The Balaban J connectivity index is 0.000000781. The van der Waals surface area contributed by atoms with Crippen molar-refractivity contribution >= 4 is 22.7 Å². The van der Waals surface area contributed by atoms with Gasteiger partial charge in [0, 0.05) is 23.8 Å². The Morgan fingerprint density at radius 2 is 1.66 bits per heavy atom. The summed E-state index contributed by atoms with van der Waals surface area (Å²) in [7, 11) is 1.54. The van der Waals surface area contributed by atoms with Gasteiger partial charge >= 0.3 is 5.97 Å². The number of hydrogen-bond acceptors (Lipinski definition) is 10. The summed E-state index contributed by atoms with van der Waals surface area (Å²) in [6, 6.07) is 6.70. The number of carboxylic acid groups (broad SMARTS) is 1. The van der Waals surface area contributed by atoms with Gasteiger partial charge in [-0.05, 0) is 55.2 Å². The molecule has 0 saturated heterocycles. The zero-order valence-electron chi connectivity index (χ0n) is 22.5. The quantitative estimate of drug-likeness (QED) is 0.0892. The fourth-order valence-electron chi connectivity index (χ4n) is 3.52. The monoisotopic (exact) mass is 539 g/mol. The van der Waals surface area contributed by atoms with Crippen molar-refractivity contribution in [3.05, 3.63) is 35.4 Å². The first-order chi connectivity index (χ1) is 17.8. The highest BCUT2D eigenvalue weighted by molar-refractivity contribution is 5.95. The largest absolute Gasteiger partial charge is 0.550 e. The zero-order chi connectivity index (χ0) is 29.0. The van der Waals surface area contributed by atoms with E-state index in [0.29, 0.717) is 23.6 Å². The van der Waals surface area contributed by atoms with Crippen molar-refractivity contribution in [2.75, 3.05) is 27.2 Å². The second-order valence-corrected chi connectivity index (χ2v) is 9.84. The van der Waals surface area contributed by atoms with Crippen LogP contribution < -0.4 is 9.84 Å². The number of carboxylic acids is 1. The number of aliphatic carboxylic acids is 1. The van der Waals surface area contributed by atoms with Crippen molar-refractivity contribution in [3.63, 3.8) is 0 Å². The molecule has 0 aliphatic carbocycles. The average molecular weight is 540 g/mol. The molecule has 214 valence electrons. The van der Waals surface area contributed by atoms with E-state index in [4.69, 9.17) is 20.1 Å². The second-order valence-electron chi connectivity index (χ2n) is 9.84. The van der Waals surface area contributed by atoms with Gasteiger partial charge in [0.1, 0.15) is 11.5 Å². The molecule has 0 aliphatic rings. The lowest BCUT2D eigenvalue weighted by Crippen LogP contribution is -2.46. The number of esters is 1. The van der Waals surface area contributed by atoms with Crippen molar-refractivity contribution in [2.45, 2.75) is 65.1 Å². The van der Waals surface area contributed by atoms with E-state index in [1.54, 1.807) is 20.0 Å². The summed E-state index contributed by atoms with van der Waals surface area (Å²) in [6.45, 7) is 4.83. The molecule has 6 N–H and O–H groups in total. The van der Waals surface area contributed by atoms with Crippen molar-refractivity contribution in [1.29, 1.82) is 0 Å². The minimum atomic E-state index is -1.37. The number of aliphatic hydroxyl groups is 5. The predicted octanol–water partition coefficient (Wildman–Crippen LogP) is 0.272. The van der Waals surface area contributed by atoms with Crippen LogP contribution in [0.1, 0.15) is 50.7 Å². The van der Waals surface area contributed by atoms with Crippen LogP contribution in [0, 0.1) is 12.8 Å². The highest BCUT2D eigenvalue weighted by Gasteiger charge is 2.20. The fourth-order valence-corrected chi connectivity index (χ4v) is 3.52. The first-order valence-electron chi connectivity index (χ1n) is 12.5. The molecule has 0 bridgehead atoms. The minimum Gasteiger partial charge on any atom is -0.550 e. The number of phenols is 1. The highest BCUT2D eigenvalue weighted by Crippen LogP contribution is 2.36. The Morgan fingerprint density at radius 1 is 1.05 bits per heavy atom. The average Bonchev–Trinajstić information content (AvgIpc) is 2.86. The van der Waals surface area contributed by atoms with E-state index < -0.39 is 24.6 Å². The number of rotatable bonds is 13. The molecule has 11 nitrogen and oxygen atoms in total. The lowest BCUT2D eigenvalue weighted by Gasteiger charge is -2.25. The van der Waals surface area contributed by atoms with E-state index in [-0.39, 0.29) is 60.9 Å². The molecular formula is C27H41NO10. The van der Waals surface area contributed by atoms with Gasteiger partial charge in [0.05, 0.1) is 25.2 Å². The van der Waals surface area contributed by atoms with Crippen molar-refractivity contribution in [2.24, 2.45) is 5.92 Å². The maximum Gasteiger partial charge on any atom is 0.314 e. The Hall–Kier alpha value is -2.80. The van der Waals surface area contributed by atoms with Crippen molar-refractivity contribution in [3.8, 4) is 11.5 Å². The number of carbonyl (C=O) groups is 2. The summed E-state index contributed by atoms with van der Waals surface area (Å²) < 4.78 is 5.47. The van der Waals surface area contributed by atoms with Crippen molar-refractivity contribution in [1.82, 2.24) is 0 Å².